The van der Waals surface area contributed by atoms with Crippen LogP contribution in [0.4, 0.5) is 0 Å². The normalized spacial score (nSPS) is 24.4. The molecule has 3 unspecified atom stereocenters. The van der Waals surface area contributed by atoms with Gasteiger partial charge < -0.3 is 23.4 Å². The van der Waals surface area contributed by atoms with E-state index in [0.717, 1.165) is 32.1 Å². The molecule has 48 heavy (non-hydrogen) atoms. The third-order valence-corrected chi connectivity index (χ3v) is 11.8. The van der Waals surface area contributed by atoms with Gasteiger partial charge in [0.1, 0.15) is 6.10 Å². The van der Waals surface area contributed by atoms with Crippen LogP contribution < -0.4 is 0 Å². The van der Waals surface area contributed by atoms with E-state index in [2.05, 4.69) is 6.92 Å². The monoisotopic (exact) mass is 660 g/mol. The minimum atomic E-state index is -1.58. The lowest BCUT2D eigenvalue weighted by Gasteiger charge is -2.47. The van der Waals surface area contributed by atoms with E-state index >= 15 is 0 Å². The number of hydrogen-bond donors (Lipinski definition) is 0. The molecule has 0 saturated carbocycles. The van der Waals surface area contributed by atoms with Crippen molar-refractivity contribution in [3.05, 3.63) is 71.8 Å². The van der Waals surface area contributed by atoms with Crippen LogP contribution in [0.5, 0.6) is 0 Å². The van der Waals surface area contributed by atoms with Gasteiger partial charge in [-0.15, -0.1) is 0 Å². The Morgan fingerprint density at radius 1 is 0.792 bits per heavy atom. The number of quaternary nitrogens is 1. The Labute approximate surface area is 288 Å². The van der Waals surface area contributed by atoms with Crippen LogP contribution in [0.15, 0.2) is 60.7 Å². The summed E-state index contributed by atoms with van der Waals surface area (Å²) < 4.78 is 26.7. The Morgan fingerprint density at radius 2 is 1.35 bits per heavy atom. The van der Waals surface area contributed by atoms with Gasteiger partial charge in [-0.1, -0.05) is 106 Å². The number of esters is 2. The molecule has 2 aromatic rings. The van der Waals surface area contributed by atoms with Gasteiger partial charge in [-0.2, -0.15) is 0 Å². The molecular formula is C41H58NO6+. The quantitative estimate of drug-likeness (QED) is 0.0782. The Balaban J connectivity index is 1.28. The summed E-state index contributed by atoms with van der Waals surface area (Å²) in [6, 6.07) is 20.5. The number of carbonyl (C=O) groups is 2. The van der Waals surface area contributed by atoms with Crippen molar-refractivity contribution in [3.8, 4) is 0 Å². The molecule has 4 saturated heterocycles. The van der Waals surface area contributed by atoms with Crippen LogP contribution in [-0.2, 0) is 34.1 Å². The molecule has 4 heterocycles. The molecule has 4 aliphatic heterocycles. The van der Waals surface area contributed by atoms with E-state index < -0.39 is 17.9 Å². The van der Waals surface area contributed by atoms with Crippen molar-refractivity contribution in [1.82, 2.24) is 0 Å². The van der Waals surface area contributed by atoms with Gasteiger partial charge in [0, 0.05) is 58.2 Å². The van der Waals surface area contributed by atoms with Gasteiger partial charge >= 0.3 is 11.9 Å². The van der Waals surface area contributed by atoms with Crippen molar-refractivity contribution in [3.63, 3.8) is 0 Å². The molecule has 0 amide bonds. The number of carbonyl (C=O) groups excluding carboxylic acids is 2. The molecule has 2 aromatic carbocycles. The van der Waals surface area contributed by atoms with E-state index in [1.807, 2.05) is 60.7 Å². The average molecular weight is 661 g/mol. The van der Waals surface area contributed by atoms with E-state index in [1.54, 1.807) is 0 Å². The third kappa shape index (κ3) is 7.84. The molecule has 3 atom stereocenters. The first-order valence-electron chi connectivity index (χ1n) is 19.2. The van der Waals surface area contributed by atoms with Gasteiger partial charge in [0.2, 0.25) is 11.9 Å². The minimum Gasteiger partial charge on any atom is -0.459 e. The van der Waals surface area contributed by atoms with Crippen LogP contribution in [0.25, 0.3) is 0 Å². The SMILES string of the molecule is CCCCCCCCCC(OC(=O)C1CCOCC1)OC(C(=O)OC1CC2CCC(C1)[N+]21CCCC1)(c1ccccc1)c1ccccc1. The van der Waals surface area contributed by atoms with Gasteiger partial charge in [0.25, 0.3) is 0 Å². The minimum absolute atomic E-state index is 0.152. The summed E-state index contributed by atoms with van der Waals surface area (Å²) in [4.78, 5) is 28.6. The van der Waals surface area contributed by atoms with Crippen molar-refractivity contribution in [1.29, 1.82) is 0 Å². The summed E-state index contributed by atoms with van der Waals surface area (Å²) in [7, 11) is 0. The second-order valence-electron chi connectivity index (χ2n) is 14.8. The molecule has 4 aliphatic rings. The lowest BCUT2D eigenvalue weighted by molar-refractivity contribution is -0.956. The molecule has 0 N–H and O–H groups in total. The molecule has 4 fully saturated rings. The van der Waals surface area contributed by atoms with Crippen molar-refractivity contribution >= 4 is 11.9 Å². The molecule has 7 nitrogen and oxygen atoms in total. The Kier molecular flexibility index (Phi) is 12.3. The topological polar surface area (TPSA) is 71.1 Å². The van der Waals surface area contributed by atoms with Gasteiger partial charge in [-0.05, 0) is 30.4 Å². The summed E-state index contributed by atoms with van der Waals surface area (Å²) >= 11 is 0. The molecule has 2 bridgehead atoms. The Morgan fingerprint density at radius 3 is 1.94 bits per heavy atom. The Hall–Kier alpha value is -2.74. The highest BCUT2D eigenvalue weighted by Gasteiger charge is 2.57. The maximum atomic E-state index is 15.0. The first-order valence-corrected chi connectivity index (χ1v) is 19.2. The maximum Gasteiger partial charge on any atom is 0.348 e. The van der Waals surface area contributed by atoms with Gasteiger partial charge in [0.15, 0.2) is 0 Å². The van der Waals surface area contributed by atoms with Crippen LogP contribution >= 0.6 is 0 Å². The molecule has 0 radical (unpaired) electrons. The highest BCUT2D eigenvalue weighted by molar-refractivity contribution is 5.86. The second-order valence-corrected chi connectivity index (χ2v) is 14.8. The zero-order chi connectivity index (χ0) is 33.2. The fraction of sp³-hybridized carbons (Fsp3) is 0.659. The first-order chi connectivity index (χ1) is 23.5. The van der Waals surface area contributed by atoms with Crippen molar-refractivity contribution in [2.45, 2.75) is 140 Å². The van der Waals surface area contributed by atoms with Crippen LogP contribution in [0.2, 0.25) is 0 Å². The largest absolute Gasteiger partial charge is 0.459 e. The summed E-state index contributed by atoms with van der Waals surface area (Å²) in [5.41, 5.74) is -0.204. The van der Waals surface area contributed by atoms with Crippen LogP contribution in [0.1, 0.15) is 121 Å². The molecule has 0 aromatic heterocycles. The number of ether oxygens (including phenoxy) is 4. The van der Waals surface area contributed by atoms with E-state index in [-0.39, 0.29) is 18.0 Å². The predicted molar refractivity (Wildman–Crippen MR) is 186 cm³/mol. The standard InChI is InChI=1S/C41H58NO6/c1-2-3-4-5-6-7-14-21-38(47-39(43)32-24-28-45-29-25-32)48-41(33-17-10-8-11-18-33,34-19-12-9-13-20-34)40(44)46-37-30-35-22-23-36(31-37)42(35)26-15-16-27-42/h8-13,17-20,32,35-38H,2-7,14-16,21-31H2,1H3/q+1. The van der Waals surface area contributed by atoms with E-state index in [0.29, 0.717) is 55.7 Å². The van der Waals surface area contributed by atoms with E-state index in [9.17, 15) is 9.59 Å². The summed E-state index contributed by atoms with van der Waals surface area (Å²) in [6.45, 7) is 5.88. The average Bonchev–Trinajstić information content (AvgIpc) is 3.67. The highest BCUT2D eigenvalue weighted by Crippen LogP contribution is 2.47. The summed E-state index contributed by atoms with van der Waals surface area (Å²) in [6.07, 6.45) is 15.5. The lowest BCUT2D eigenvalue weighted by atomic mass is 9.85. The number of unbranched alkanes of at least 4 members (excludes halogenated alkanes) is 6. The predicted octanol–water partition coefficient (Wildman–Crippen LogP) is 8.23. The molecule has 6 rings (SSSR count). The number of rotatable bonds is 16. The number of nitrogens with zero attached hydrogens (tertiary/aromatic N) is 1. The van der Waals surface area contributed by atoms with Gasteiger partial charge in [0.05, 0.1) is 31.1 Å². The summed E-state index contributed by atoms with van der Waals surface area (Å²) in [5, 5.41) is 0. The second kappa shape index (κ2) is 16.8. The third-order valence-electron chi connectivity index (χ3n) is 11.8. The zero-order valence-electron chi connectivity index (χ0n) is 29.2. The van der Waals surface area contributed by atoms with Gasteiger partial charge in [-0.25, -0.2) is 4.79 Å². The highest BCUT2D eigenvalue weighted by atomic mass is 16.7. The smallest absolute Gasteiger partial charge is 0.348 e. The summed E-state index contributed by atoms with van der Waals surface area (Å²) in [5.74, 6) is -0.906. The molecular weight excluding hydrogens is 602 g/mol. The van der Waals surface area contributed by atoms with Crippen LogP contribution in [-0.4, -0.2) is 67.2 Å². The molecule has 1 spiro atoms. The molecule has 0 aliphatic carbocycles. The van der Waals surface area contributed by atoms with Crippen molar-refractivity contribution in [2.24, 2.45) is 5.92 Å². The number of piperidine rings is 1. The first kappa shape index (κ1) is 35.1. The number of benzene rings is 2. The number of hydrogen-bond acceptors (Lipinski definition) is 6. The Bertz CT molecular complexity index is 1230. The van der Waals surface area contributed by atoms with E-state index in [4.69, 9.17) is 18.9 Å². The maximum absolute atomic E-state index is 15.0. The van der Waals surface area contributed by atoms with Crippen LogP contribution in [0, 0.1) is 5.92 Å². The van der Waals surface area contributed by atoms with E-state index in [1.165, 1.54) is 68.9 Å². The van der Waals surface area contributed by atoms with Crippen molar-refractivity contribution < 1.29 is 33.0 Å². The van der Waals surface area contributed by atoms with Crippen LogP contribution in [0.3, 0.4) is 0 Å². The lowest BCUT2D eigenvalue weighted by Crippen LogP contribution is -2.60. The zero-order valence-corrected chi connectivity index (χ0v) is 29.2. The van der Waals surface area contributed by atoms with Gasteiger partial charge in [-0.3, -0.25) is 4.79 Å². The molecule has 7 heteroatoms. The molecule has 262 valence electrons. The fourth-order valence-electron chi connectivity index (χ4n) is 9.24. The van der Waals surface area contributed by atoms with Crippen molar-refractivity contribution in [2.75, 3.05) is 26.3 Å². The fourth-order valence-corrected chi connectivity index (χ4v) is 9.24.